The average molecular weight is 393 g/mol. The van der Waals surface area contributed by atoms with Gasteiger partial charge in [-0.2, -0.15) is 0 Å². The first-order valence-electron chi connectivity index (χ1n) is 12.9. The van der Waals surface area contributed by atoms with Crippen molar-refractivity contribution in [3.8, 4) is 0 Å². The van der Waals surface area contributed by atoms with Crippen LogP contribution < -0.4 is 0 Å². The molecule has 0 amide bonds. The molecule has 0 saturated carbocycles. The summed E-state index contributed by atoms with van der Waals surface area (Å²) in [6.07, 6.45) is 29.4. The molecule has 1 aliphatic heterocycles. The summed E-state index contributed by atoms with van der Waals surface area (Å²) in [5.74, 6) is 0. The first-order valence-corrected chi connectivity index (χ1v) is 12.9. The summed E-state index contributed by atoms with van der Waals surface area (Å²) in [6, 6.07) is 0.610. The second-order valence-corrected chi connectivity index (χ2v) is 9.30. The smallest absolute Gasteiger partial charge is 0.101 e. The highest BCUT2D eigenvalue weighted by Gasteiger charge is 2.26. The quantitative estimate of drug-likeness (QED) is 0.203. The molecule has 0 saturated heterocycles. The van der Waals surface area contributed by atoms with Crippen LogP contribution in [0.4, 0.5) is 0 Å². The van der Waals surface area contributed by atoms with Gasteiger partial charge in [-0.1, -0.05) is 104 Å². The third-order valence-corrected chi connectivity index (χ3v) is 6.34. The fourth-order valence-corrected chi connectivity index (χ4v) is 4.48. The topological polar surface area (TPSA) is 6.48 Å². The lowest BCUT2D eigenvalue weighted by molar-refractivity contribution is 0.114. The Morgan fingerprint density at radius 3 is 1.57 bits per heavy atom. The van der Waals surface area contributed by atoms with Crippen LogP contribution in [0, 0.1) is 0 Å². The van der Waals surface area contributed by atoms with Crippen LogP contribution in [-0.4, -0.2) is 28.6 Å². The molecule has 0 spiro atoms. The minimum atomic E-state index is 0.610. The first kappa shape index (κ1) is 25.4. The third kappa shape index (κ3) is 11.4. The standard InChI is InChI=1S/C26H52N2/c1-5-7-9-11-12-13-14-15-16-17-18-19-21-26-27(22-20-10-8-6-2)23-24-28(26)25(3)4/h23-26H,5-22H2,1-4H3. The van der Waals surface area contributed by atoms with E-state index in [1.54, 1.807) is 0 Å². The molecule has 1 heterocycles. The Kier molecular flexibility index (Phi) is 15.6. The zero-order valence-electron chi connectivity index (χ0n) is 19.9. The fourth-order valence-electron chi connectivity index (χ4n) is 4.48. The van der Waals surface area contributed by atoms with E-state index in [2.05, 4.69) is 49.9 Å². The van der Waals surface area contributed by atoms with Gasteiger partial charge < -0.3 is 9.80 Å². The number of hydrogen-bond acceptors (Lipinski definition) is 2. The molecule has 0 aromatic heterocycles. The Morgan fingerprint density at radius 1 is 0.607 bits per heavy atom. The van der Waals surface area contributed by atoms with Gasteiger partial charge in [-0.3, -0.25) is 0 Å². The van der Waals surface area contributed by atoms with Crippen molar-refractivity contribution in [1.82, 2.24) is 9.80 Å². The number of unbranched alkanes of at least 4 members (excludes halogenated alkanes) is 14. The zero-order valence-corrected chi connectivity index (χ0v) is 19.9. The molecular formula is C26H52N2. The minimum Gasteiger partial charge on any atom is -0.356 e. The summed E-state index contributed by atoms with van der Waals surface area (Å²) < 4.78 is 0. The maximum atomic E-state index is 2.62. The predicted molar refractivity (Wildman–Crippen MR) is 126 cm³/mol. The van der Waals surface area contributed by atoms with Crippen LogP contribution in [-0.2, 0) is 0 Å². The molecule has 2 heteroatoms. The Bertz CT molecular complexity index is 363. The highest BCUT2D eigenvalue weighted by atomic mass is 15.4. The van der Waals surface area contributed by atoms with E-state index >= 15 is 0 Å². The van der Waals surface area contributed by atoms with Crippen LogP contribution in [0.15, 0.2) is 12.4 Å². The third-order valence-electron chi connectivity index (χ3n) is 6.34. The van der Waals surface area contributed by atoms with Gasteiger partial charge in [0.2, 0.25) is 0 Å². The van der Waals surface area contributed by atoms with Crippen LogP contribution >= 0.6 is 0 Å². The van der Waals surface area contributed by atoms with Gasteiger partial charge >= 0.3 is 0 Å². The largest absolute Gasteiger partial charge is 0.356 e. The summed E-state index contributed by atoms with van der Waals surface area (Å²) in [4.78, 5) is 5.20. The van der Waals surface area contributed by atoms with E-state index in [0.717, 1.165) is 0 Å². The Hall–Kier alpha value is -0.660. The maximum Gasteiger partial charge on any atom is 0.101 e. The molecule has 1 unspecified atom stereocenters. The molecule has 1 aliphatic rings. The number of nitrogens with zero attached hydrogens (tertiary/aromatic N) is 2. The normalized spacial score (nSPS) is 16.7. The zero-order chi connectivity index (χ0) is 20.5. The van der Waals surface area contributed by atoms with Gasteiger partial charge in [0.05, 0.1) is 0 Å². The monoisotopic (exact) mass is 392 g/mol. The summed E-state index contributed by atoms with van der Waals surface area (Å²) >= 11 is 0. The van der Waals surface area contributed by atoms with Crippen molar-refractivity contribution in [2.75, 3.05) is 6.54 Å². The van der Waals surface area contributed by atoms with Crippen molar-refractivity contribution < 1.29 is 0 Å². The molecule has 2 nitrogen and oxygen atoms in total. The molecular weight excluding hydrogens is 340 g/mol. The maximum absolute atomic E-state index is 2.62. The van der Waals surface area contributed by atoms with E-state index in [1.165, 1.54) is 116 Å². The van der Waals surface area contributed by atoms with Gasteiger partial charge in [0.25, 0.3) is 0 Å². The van der Waals surface area contributed by atoms with Gasteiger partial charge in [-0.05, 0) is 33.1 Å². The van der Waals surface area contributed by atoms with Gasteiger partial charge in [-0.25, -0.2) is 0 Å². The van der Waals surface area contributed by atoms with Crippen LogP contribution in [0.1, 0.15) is 137 Å². The SMILES string of the molecule is CCCCCCCCCCCCCCC1N(CCCCCC)C=CN1C(C)C. The highest BCUT2D eigenvalue weighted by molar-refractivity contribution is 4.98. The van der Waals surface area contributed by atoms with Crippen LogP contribution in [0.25, 0.3) is 0 Å². The van der Waals surface area contributed by atoms with E-state index in [9.17, 15) is 0 Å². The van der Waals surface area contributed by atoms with Crippen molar-refractivity contribution in [1.29, 1.82) is 0 Å². The predicted octanol–water partition coefficient (Wildman–Crippen LogP) is 8.48. The van der Waals surface area contributed by atoms with Crippen molar-refractivity contribution >= 4 is 0 Å². The lowest BCUT2D eigenvalue weighted by atomic mass is 10.0. The van der Waals surface area contributed by atoms with E-state index in [1.807, 2.05) is 0 Å². The second-order valence-electron chi connectivity index (χ2n) is 9.30. The van der Waals surface area contributed by atoms with E-state index in [0.29, 0.717) is 12.2 Å². The molecule has 0 aromatic rings. The summed E-state index contributed by atoms with van der Waals surface area (Å²) in [7, 11) is 0. The van der Waals surface area contributed by atoms with Crippen LogP contribution in [0.5, 0.6) is 0 Å². The second kappa shape index (κ2) is 17.2. The summed E-state index contributed by atoms with van der Waals surface area (Å²) in [5, 5.41) is 0. The molecule has 1 atom stereocenters. The van der Waals surface area contributed by atoms with Gasteiger partial charge in [0.15, 0.2) is 0 Å². The lowest BCUT2D eigenvalue weighted by Gasteiger charge is -2.35. The van der Waals surface area contributed by atoms with Gasteiger partial charge in [0.1, 0.15) is 6.17 Å². The summed E-state index contributed by atoms with van der Waals surface area (Å²) in [5.41, 5.74) is 0. The van der Waals surface area contributed by atoms with Crippen molar-refractivity contribution in [2.24, 2.45) is 0 Å². The highest BCUT2D eigenvalue weighted by Crippen LogP contribution is 2.24. The molecule has 0 radical (unpaired) electrons. The summed E-state index contributed by atoms with van der Waals surface area (Å²) in [6.45, 7) is 10.5. The molecule has 28 heavy (non-hydrogen) atoms. The average Bonchev–Trinajstić information content (AvgIpc) is 3.09. The molecule has 0 aromatic carbocycles. The Balaban J connectivity index is 2.08. The van der Waals surface area contributed by atoms with Gasteiger partial charge in [0, 0.05) is 25.0 Å². The molecule has 1 rings (SSSR count). The number of rotatable bonds is 19. The fraction of sp³-hybridized carbons (Fsp3) is 0.923. The first-order chi connectivity index (χ1) is 13.7. The molecule has 0 bridgehead atoms. The Labute approximate surface area is 178 Å². The van der Waals surface area contributed by atoms with E-state index in [-0.39, 0.29) is 0 Å². The molecule has 0 N–H and O–H groups in total. The van der Waals surface area contributed by atoms with Crippen LogP contribution in [0.2, 0.25) is 0 Å². The molecule has 0 aliphatic carbocycles. The molecule has 166 valence electrons. The van der Waals surface area contributed by atoms with Gasteiger partial charge in [-0.15, -0.1) is 0 Å². The Morgan fingerprint density at radius 2 is 1.07 bits per heavy atom. The number of hydrogen-bond donors (Lipinski definition) is 0. The van der Waals surface area contributed by atoms with Crippen molar-refractivity contribution in [2.45, 2.75) is 149 Å². The minimum absolute atomic E-state index is 0.610. The van der Waals surface area contributed by atoms with Crippen LogP contribution in [0.3, 0.4) is 0 Å². The van der Waals surface area contributed by atoms with Crippen molar-refractivity contribution in [3.05, 3.63) is 12.4 Å². The molecule has 0 fully saturated rings. The van der Waals surface area contributed by atoms with Crippen molar-refractivity contribution in [3.63, 3.8) is 0 Å². The lowest BCUT2D eigenvalue weighted by Crippen LogP contribution is -2.42. The van der Waals surface area contributed by atoms with E-state index < -0.39 is 0 Å². The van der Waals surface area contributed by atoms with E-state index in [4.69, 9.17) is 0 Å².